The summed E-state index contributed by atoms with van der Waals surface area (Å²) in [4.78, 5) is 30.8. The van der Waals surface area contributed by atoms with Crippen molar-refractivity contribution < 1.29 is 9.53 Å². The van der Waals surface area contributed by atoms with Crippen molar-refractivity contribution in [2.75, 3.05) is 13.2 Å². The van der Waals surface area contributed by atoms with Gasteiger partial charge in [-0.25, -0.2) is 4.79 Å². The highest BCUT2D eigenvalue weighted by Gasteiger charge is 2.21. The normalized spacial score (nSPS) is 17.0. The molecule has 0 spiro atoms. The summed E-state index contributed by atoms with van der Waals surface area (Å²) in [6.07, 6.45) is 1.72. The third kappa shape index (κ3) is 4.31. The molecule has 1 aliphatic heterocycles. The van der Waals surface area contributed by atoms with Crippen LogP contribution >= 0.6 is 0 Å². The van der Waals surface area contributed by atoms with Crippen LogP contribution in [0.25, 0.3) is 0 Å². The van der Waals surface area contributed by atoms with Crippen LogP contribution in [0.3, 0.4) is 0 Å². The molecular weight excluding hydrogens is 330 g/mol. The third-order valence-corrected chi connectivity index (χ3v) is 4.60. The third-order valence-electron chi connectivity index (χ3n) is 4.60. The van der Waals surface area contributed by atoms with E-state index in [1.807, 2.05) is 39.0 Å². The average molecular weight is 355 g/mol. The van der Waals surface area contributed by atoms with Crippen LogP contribution in [0.15, 0.2) is 35.1 Å². The summed E-state index contributed by atoms with van der Waals surface area (Å²) >= 11 is 0. The molecule has 1 amide bonds. The Morgan fingerprint density at radius 2 is 2.12 bits per heavy atom. The maximum Gasteiger partial charge on any atom is 0.345 e. The Labute approximate surface area is 153 Å². The molecule has 6 heteroatoms. The van der Waals surface area contributed by atoms with Gasteiger partial charge in [0.25, 0.3) is 5.91 Å². The van der Waals surface area contributed by atoms with Crippen molar-refractivity contribution in [2.45, 2.75) is 39.0 Å². The highest BCUT2D eigenvalue weighted by molar-refractivity contribution is 5.92. The molecule has 1 aliphatic rings. The molecule has 138 valence electrons. The quantitative estimate of drug-likeness (QED) is 0.886. The van der Waals surface area contributed by atoms with E-state index in [1.165, 1.54) is 0 Å². The number of nitrogens with zero attached hydrogens (tertiary/aromatic N) is 1. The van der Waals surface area contributed by atoms with Gasteiger partial charge >= 0.3 is 5.69 Å². The molecule has 0 saturated carbocycles. The van der Waals surface area contributed by atoms with Crippen molar-refractivity contribution in [3.8, 4) is 5.75 Å². The smallest absolute Gasteiger partial charge is 0.345 e. The SMILES string of the molecule is CC(C)(C)c1cc(C(=O)NCC2CCOc3ccccc3C2)nc(=O)[nH]1. The van der Waals surface area contributed by atoms with Crippen LogP contribution in [0.2, 0.25) is 0 Å². The maximum atomic E-state index is 12.5. The fourth-order valence-electron chi connectivity index (χ4n) is 3.04. The van der Waals surface area contributed by atoms with Gasteiger partial charge in [-0.05, 0) is 36.5 Å². The molecule has 0 radical (unpaired) electrons. The number of aromatic nitrogens is 2. The van der Waals surface area contributed by atoms with Crippen molar-refractivity contribution in [2.24, 2.45) is 5.92 Å². The van der Waals surface area contributed by atoms with E-state index in [0.29, 0.717) is 18.8 Å². The van der Waals surface area contributed by atoms with E-state index in [1.54, 1.807) is 6.07 Å². The van der Waals surface area contributed by atoms with E-state index in [2.05, 4.69) is 21.4 Å². The van der Waals surface area contributed by atoms with Crippen LogP contribution in [0.4, 0.5) is 0 Å². The zero-order chi connectivity index (χ0) is 18.7. The molecule has 0 bridgehead atoms. The molecule has 2 heterocycles. The Morgan fingerprint density at radius 1 is 1.35 bits per heavy atom. The van der Waals surface area contributed by atoms with Crippen LogP contribution in [0.1, 0.15) is 48.9 Å². The number of benzene rings is 1. The maximum absolute atomic E-state index is 12.5. The van der Waals surface area contributed by atoms with E-state index in [9.17, 15) is 9.59 Å². The van der Waals surface area contributed by atoms with Crippen LogP contribution in [0.5, 0.6) is 5.75 Å². The van der Waals surface area contributed by atoms with Crippen molar-refractivity contribution in [3.05, 3.63) is 57.8 Å². The van der Waals surface area contributed by atoms with E-state index in [4.69, 9.17) is 4.74 Å². The lowest BCUT2D eigenvalue weighted by Gasteiger charge is -2.19. The Kier molecular flexibility index (Phi) is 5.11. The molecule has 1 atom stereocenters. The molecule has 26 heavy (non-hydrogen) atoms. The molecular formula is C20H25N3O3. The van der Waals surface area contributed by atoms with Crippen LogP contribution in [0, 0.1) is 5.92 Å². The predicted molar refractivity (Wildman–Crippen MR) is 99.6 cm³/mol. The van der Waals surface area contributed by atoms with Gasteiger partial charge in [0.15, 0.2) is 0 Å². The number of aromatic amines is 1. The van der Waals surface area contributed by atoms with Crippen molar-refractivity contribution in [3.63, 3.8) is 0 Å². The number of rotatable bonds is 3. The Hall–Kier alpha value is -2.63. The number of amides is 1. The number of fused-ring (bicyclic) bond motifs is 1. The lowest BCUT2D eigenvalue weighted by molar-refractivity contribution is 0.0939. The Bertz CT molecular complexity index is 852. The van der Waals surface area contributed by atoms with Crippen LogP contribution < -0.4 is 15.7 Å². The average Bonchev–Trinajstić information content (AvgIpc) is 2.80. The van der Waals surface area contributed by atoms with Crippen LogP contribution in [-0.2, 0) is 11.8 Å². The number of nitrogens with one attached hydrogen (secondary N) is 2. The molecule has 1 aromatic carbocycles. The fraction of sp³-hybridized carbons (Fsp3) is 0.450. The minimum absolute atomic E-state index is 0.156. The molecule has 3 rings (SSSR count). The first kappa shape index (κ1) is 18.2. The first-order valence-corrected chi connectivity index (χ1v) is 8.93. The van der Waals surface area contributed by atoms with Gasteiger partial charge in [0.1, 0.15) is 11.4 Å². The Morgan fingerprint density at radius 3 is 2.88 bits per heavy atom. The highest BCUT2D eigenvalue weighted by atomic mass is 16.5. The standard InChI is InChI=1S/C20H25N3O3/c1-20(2,3)17-11-15(22-19(25)23-17)18(24)21-12-13-8-9-26-16-7-5-4-6-14(16)10-13/h4-7,11,13H,8-10,12H2,1-3H3,(H,21,24)(H,22,23,25). The van der Waals surface area contributed by atoms with E-state index in [0.717, 1.165) is 24.2 Å². The van der Waals surface area contributed by atoms with Gasteiger partial charge in [0, 0.05) is 17.7 Å². The number of ether oxygens (including phenoxy) is 1. The molecule has 1 unspecified atom stereocenters. The zero-order valence-electron chi connectivity index (χ0n) is 15.5. The summed E-state index contributed by atoms with van der Waals surface area (Å²) in [6, 6.07) is 9.65. The van der Waals surface area contributed by atoms with E-state index in [-0.39, 0.29) is 22.9 Å². The van der Waals surface area contributed by atoms with Gasteiger partial charge in [-0.2, -0.15) is 4.98 Å². The number of carbonyl (C=O) groups is 1. The van der Waals surface area contributed by atoms with Gasteiger partial charge in [-0.1, -0.05) is 39.0 Å². The number of carbonyl (C=O) groups excluding carboxylic acids is 1. The molecule has 1 aromatic heterocycles. The van der Waals surface area contributed by atoms with Crippen molar-refractivity contribution in [1.82, 2.24) is 15.3 Å². The van der Waals surface area contributed by atoms with Crippen LogP contribution in [-0.4, -0.2) is 29.0 Å². The lowest BCUT2D eigenvalue weighted by Crippen LogP contribution is -2.33. The van der Waals surface area contributed by atoms with E-state index < -0.39 is 5.69 Å². The molecule has 6 nitrogen and oxygen atoms in total. The highest BCUT2D eigenvalue weighted by Crippen LogP contribution is 2.26. The minimum Gasteiger partial charge on any atom is -0.493 e. The summed E-state index contributed by atoms with van der Waals surface area (Å²) < 4.78 is 5.77. The monoisotopic (exact) mass is 355 g/mol. The largest absolute Gasteiger partial charge is 0.493 e. The molecule has 2 aromatic rings. The van der Waals surface area contributed by atoms with Crippen molar-refractivity contribution in [1.29, 1.82) is 0 Å². The fourth-order valence-corrected chi connectivity index (χ4v) is 3.04. The zero-order valence-corrected chi connectivity index (χ0v) is 15.5. The summed E-state index contributed by atoms with van der Waals surface area (Å²) in [5.74, 6) is 0.888. The van der Waals surface area contributed by atoms with Gasteiger partial charge in [0.2, 0.25) is 0 Å². The summed E-state index contributed by atoms with van der Waals surface area (Å²) in [7, 11) is 0. The first-order valence-electron chi connectivity index (χ1n) is 8.93. The lowest BCUT2D eigenvalue weighted by atomic mass is 9.91. The topological polar surface area (TPSA) is 84.1 Å². The molecule has 0 saturated heterocycles. The van der Waals surface area contributed by atoms with Gasteiger partial charge in [-0.3, -0.25) is 4.79 Å². The van der Waals surface area contributed by atoms with E-state index >= 15 is 0 Å². The number of para-hydroxylation sites is 1. The van der Waals surface area contributed by atoms with Gasteiger partial charge < -0.3 is 15.0 Å². The summed E-state index contributed by atoms with van der Waals surface area (Å²) in [5.41, 5.74) is 1.25. The number of hydrogen-bond donors (Lipinski definition) is 2. The Balaban J connectivity index is 1.68. The minimum atomic E-state index is -0.501. The van der Waals surface area contributed by atoms with Gasteiger partial charge in [0.05, 0.1) is 6.61 Å². The second-order valence-electron chi connectivity index (χ2n) is 7.76. The first-order chi connectivity index (χ1) is 12.3. The molecule has 2 N–H and O–H groups in total. The molecule has 0 aliphatic carbocycles. The predicted octanol–water partition coefficient (Wildman–Crippen LogP) is 2.44. The van der Waals surface area contributed by atoms with Crippen molar-refractivity contribution >= 4 is 5.91 Å². The number of H-pyrrole nitrogens is 1. The summed E-state index contributed by atoms with van der Waals surface area (Å²) in [6.45, 7) is 7.08. The second-order valence-corrected chi connectivity index (χ2v) is 7.76. The molecule has 0 fully saturated rings. The summed E-state index contributed by atoms with van der Waals surface area (Å²) in [5, 5.41) is 2.92. The van der Waals surface area contributed by atoms with Gasteiger partial charge in [-0.15, -0.1) is 0 Å². The number of hydrogen-bond acceptors (Lipinski definition) is 4. The second kappa shape index (κ2) is 7.32.